The van der Waals surface area contributed by atoms with E-state index in [1.54, 1.807) is 46.3 Å². The smallest absolute Gasteiger partial charge is 0.316 e. The summed E-state index contributed by atoms with van der Waals surface area (Å²) in [6.07, 6.45) is 3.12. The molecule has 7 heteroatoms. The molecule has 2 aromatic rings. The first-order chi connectivity index (χ1) is 12.0. The normalized spacial score (nSPS) is 10.6. The Kier molecular flexibility index (Phi) is 5.94. The number of rotatable bonds is 6. The number of amides is 1. The zero-order chi connectivity index (χ0) is 18.4. The zero-order valence-corrected chi connectivity index (χ0v) is 14.9. The second kappa shape index (κ2) is 8.14. The van der Waals surface area contributed by atoms with Crippen LogP contribution in [-0.4, -0.2) is 37.2 Å². The molecule has 0 saturated heterocycles. The third-order valence-electron chi connectivity index (χ3n) is 3.52. The van der Waals surface area contributed by atoms with Gasteiger partial charge in [0.05, 0.1) is 38.4 Å². The molecular formula is C18H21N3O4. The Bertz CT molecular complexity index is 780. The Morgan fingerprint density at radius 2 is 1.64 bits per heavy atom. The summed E-state index contributed by atoms with van der Waals surface area (Å²) < 4.78 is 15.4. The quantitative estimate of drug-likeness (QED) is 0.812. The molecule has 0 unspecified atom stereocenters. The van der Waals surface area contributed by atoms with Gasteiger partial charge in [0.1, 0.15) is 0 Å². The molecule has 1 N–H and O–H groups in total. The van der Waals surface area contributed by atoms with E-state index in [0.717, 1.165) is 5.56 Å². The number of benzene rings is 1. The minimum absolute atomic E-state index is 0.272. The molecule has 1 heterocycles. The van der Waals surface area contributed by atoms with Crippen molar-refractivity contribution in [2.24, 2.45) is 0 Å². The molecule has 1 amide bonds. The van der Waals surface area contributed by atoms with Crippen LogP contribution in [-0.2, 0) is 4.79 Å². The third-order valence-corrected chi connectivity index (χ3v) is 3.52. The SMILES string of the molecule is COc1nc(C)c(NC(=O)/C=C/c2ccc(OC)c(OC)c2)c(C)n1. The molecular weight excluding hydrogens is 322 g/mol. The molecule has 0 radical (unpaired) electrons. The number of hydrogen-bond donors (Lipinski definition) is 1. The average Bonchev–Trinajstić information content (AvgIpc) is 2.62. The monoisotopic (exact) mass is 343 g/mol. The summed E-state index contributed by atoms with van der Waals surface area (Å²) in [4.78, 5) is 20.5. The van der Waals surface area contributed by atoms with Gasteiger partial charge >= 0.3 is 6.01 Å². The number of nitrogens with zero attached hydrogens (tertiary/aromatic N) is 2. The van der Waals surface area contributed by atoms with Crippen LogP contribution >= 0.6 is 0 Å². The lowest BCUT2D eigenvalue weighted by Gasteiger charge is -2.10. The molecule has 1 aromatic heterocycles. The lowest BCUT2D eigenvalue weighted by atomic mass is 10.2. The highest BCUT2D eigenvalue weighted by molar-refractivity contribution is 6.02. The second-order valence-corrected chi connectivity index (χ2v) is 5.19. The van der Waals surface area contributed by atoms with Crippen molar-refractivity contribution in [3.8, 4) is 17.5 Å². The minimum atomic E-state index is -0.283. The van der Waals surface area contributed by atoms with E-state index in [9.17, 15) is 4.79 Å². The van der Waals surface area contributed by atoms with Crippen molar-refractivity contribution in [3.05, 3.63) is 41.2 Å². The van der Waals surface area contributed by atoms with Crippen LogP contribution in [0.2, 0.25) is 0 Å². The molecule has 132 valence electrons. The van der Waals surface area contributed by atoms with Gasteiger partial charge in [-0.25, -0.2) is 0 Å². The fourth-order valence-electron chi connectivity index (χ4n) is 2.25. The highest BCUT2D eigenvalue weighted by atomic mass is 16.5. The van der Waals surface area contributed by atoms with E-state index in [1.165, 1.54) is 13.2 Å². The largest absolute Gasteiger partial charge is 0.493 e. The summed E-state index contributed by atoms with van der Waals surface area (Å²) in [6, 6.07) is 5.67. The van der Waals surface area contributed by atoms with Crippen molar-refractivity contribution in [1.29, 1.82) is 0 Å². The molecule has 0 aliphatic heterocycles. The van der Waals surface area contributed by atoms with Crippen molar-refractivity contribution in [3.63, 3.8) is 0 Å². The zero-order valence-electron chi connectivity index (χ0n) is 14.9. The lowest BCUT2D eigenvalue weighted by Crippen LogP contribution is -2.12. The van der Waals surface area contributed by atoms with Gasteiger partial charge in [-0.15, -0.1) is 0 Å². The van der Waals surface area contributed by atoms with Gasteiger partial charge in [0, 0.05) is 6.08 Å². The van der Waals surface area contributed by atoms with E-state index >= 15 is 0 Å². The summed E-state index contributed by atoms with van der Waals surface area (Å²) in [5.74, 6) is 0.945. The Morgan fingerprint density at radius 1 is 1.00 bits per heavy atom. The van der Waals surface area contributed by atoms with E-state index < -0.39 is 0 Å². The van der Waals surface area contributed by atoms with Crippen molar-refractivity contribution < 1.29 is 19.0 Å². The van der Waals surface area contributed by atoms with Gasteiger partial charge < -0.3 is 19.5 Å². The maximum atomic E-state index is 12.2. The molecule has 0 spiro atoms. The average molecular weight is 343 g/mol. The van der Waals surface area contributed by atoms with Crippen LogP contribution in [0.5, 0.6) is 17.5 Å². The topological polar surface area (TPSA) is 82.6 Å². The first kappa shape index (κ1) is 18.3. The van der Waals surface area contributed by atoms with Crippen LogP contribution in [0.25, 0.3) is 6.08 Å². The van der Waals surface area contributed by atoms with Crippen molar-refractivity contribution in [2.75, 3.05) is 26.6 Å². The summed E-state index contributed by atoms with van der Waals surface area (Å²) in [5.41, 5.74) is 2.66. The van der Waals surface area contributed by atoms with Crippen LogP contribution in [0.15, 0.2) is 24.3 Å². The fraction of sp³-hybridized carbons (Fsp3) is 0.278. The number of methoxy groups -OCH3 is 3. The number of aromatic nitrogens is 2. The number of carbonyl (C=O) groups excluding carboxylic acids is 1. The molecule has 0 saturated carbocycles. The summed E-state index contributed by atoms with van der Waals surface area (Å²) in [7, 11) is 4.63. The van der Waals surface area contributed by atoms with Gasteiger partial charge in [-0.2, -0.15) is 9.97 Å². The lowest BCUT2D eigenvalue weighted by molar-refractivity contribution is -0.111. The van der Waals surface area contributed by atoms with E-state index in [2.05, 4.69) is 15.3 Å². The van der Waals surface area contributed by atoms with E-state index in [1.807, 2.05) is 6.07 Å². The van der Waals surface area contributed by atoms with Crippen molar-refractivity contribution >= 4 is 17.7 Å². The Labute approximate surface area is 146 Å². The van der Waals surface area contributed by atoms with Crippen LogP contribution in [0.1, 0.15) is 17.0 Å². The Hall–Kier alpha value is -3.09. The number of anilines is 1. The minimum Gasteiger partial charge on any atom is -0.493 e. The van der Waals surface area contributed by atoms with Crippen LogP contribution in [0, 0.1) is 13.8 Å². The van der Waals surface area contributed by atoms with Gasteiger partial charge in [-0.1, -0.05) is 6.07 Å². The Balaban J connectivity index is 2.14. The van der Waals surface area contributed by atoms with Crippen LogP contribution in [0.4, 0.5) is 5.69 Å². The number of ether oxygens (including phenoxy) is 3. The summed E-state index contributed by atoms with van der Waals surface area (Å²) in [6.45, 7) is 3.57. The summed E-state index contributed by atoms with van der Waals surface area (Å²) >= 11 is 0. The highest BCUT2D eigenvalue weighted by Crippen LogP contribution is 2.28. The molecule has 2 rings (SSSR count). The van der Waals surface area contributed by atoms with E-state index in [4.69, 9.17) is 14.2 Å². The van der Waals surface area contributed by atoms with Crippen LogP contribution in [0.3, 0.4) is 0 Å². The van der Waals surface area contributed by atoms with Crippen molar-refractivity contribution in [1.82, 2.24) is 9.97 Å². The fourth-order valence-corrected chi connectivity index (χ4v) is 2.25. The maximum absolute atomic E-state index is 12.2. The Morgan fingerprint density at radius 3 is 2.20 bits per heavy atom. The molecule has 0 aliphatic rings. The van der Waals surface area contributed by atoms with Gasteiger partial charge in [-0.05, 0) is 37.6 Å². The third kappa shape index (κ3) is 4.47. The van der Waals surface area contributed by atoms with E-state index in [-0.39, 0.29) is 11.9 Å². The number of nitrogens with one attached hydrogen (secondary N) is 1. The standard InChI is InChI=1S/C18H21N3O4/c1-11-17(12(2)20-18(19-11)25-5)21-16(22)9-7-13-6-8-14(23-3)15(10-13)24-4/h6-10H,1-5H3,(H,21,22)/b9-7+. The first-order valence-electron chi connectivity index (χ1n) is 7.58. The number of carbonyl (C=O) groups is 1. The van der Waals surface area contributed by atoms with Gasteiger partial charge in [0.15, 0.2) is 11.5 Å². The molecule has 25 heavy (non-hydrogen) atoms. The van der Waals surface area contributed by atoms with Gasteiger partial charge in [0.2, 0.25) is 5.91 Å². The summed E-state index contributed by atoms with van der Waals surface area (Å²) in [5, 5.41) is 2.79. The molecule has 0 atom stereocenters. The second-order valence-electron chi connectivity index (χ2n) is 5.19. The molecule has 0 fully saturated rings. The first-order valence-corrected chi connectivity index (χ1v) is 7.58. The van der Waals surface area contributed by atoms with Crippen LogP contribution < -0.4 is 19.5 Å². The molecule has 0 bridgehead atoms. The predicted octanol–water partition coefficient (Wildman–Crippen LogP) is 2.77. The van der Waals surface area contributed by atoms with Gasteiger partial charge in [-0.3, -0.25) is 4.79 Å². The molecule has 0 aliphatic carbocycles. The van der Waals surface area contributed by atoms with Gasteiger partial charge in [0.25, 0.3) is 0 Å². The van der Waals surface area contributed by atoms with Crippen molar-refractivity contribution in [2.45, 2.75) is 13.8 Å². The number of aryl methyl sites for hydroxylation is 2. The molecule has 7 nitrogen and oxygen atoms in total. The number of hydrogen-bond acceptors (Lipinski definition) is 6. The molecule has 1 aromatic carbocycles. The highest BCUT2D eigenvalue weighted by Gasteiger charge is 2.10. The predicted molar refractivity (Wildman–Crippen MR) is 95.3 cm³/mol. The maximum Gasteiger partial charge on any atom is 0.316 e. The van der Waals surface area contributed by atoms with E-state index in [0.29, 0.717) is 28.6 Å².